The molecule has 0 N–H and O–H groups in total. The van der Waals surface area contributed by atoms with Gasteiger partial charge in [0, 0.05) is 12.6 Å². The summed E-state index contributed by atoms with van der Waals surface area (Å²) in [4.78, 5) is 14.3. The number of esters is 1. The van der Waals surface area contributed by atoms with E-state index in [2.05, 4.69) is 10.00 Å². The van der Waals surface area contributed by atoms with Gasteiger partial charge in [-0.3, -0.25) is 14.3 Å². The highest BCUT2D eigenvalue weighted by molar-refractivity contribution is 7.71. The predicted molar refractivity (Wildman–Crippen MR) is 106 cm³/mol. The number of ether oxygens (including phenoxy) is 1. The molecule has 1 aromatic carbocycles. The van der Waals surface area contributed by atoms with Crippen LogP contribution in [0.5, 0.6) is 0 Å². The fourth-order valence-electron chi connectivity index (χ4n) is 3.83. The van der Waals surface area contributed by atoms with Gasteiger partial charge in [0.05, 0.1) is 24.8 Å². The molecule has 8 heteroatoms. The van der Waals surface area contributed by atoms with E-state index in [0.29, 0.717) is 42.0 Å². The van der Waals surface area contributed by atoms with Crippen LogP contribution in [0.3, 0.4) is 0 Å². The maximum atomic E-state index is 14.4. The summed E-state index contributed by atoms with van der Waals surface area (Å²) in [6.07, 6.45) is 3.85. The van der Waals surface area contributed by atoms with Crippen LogP contribution in [0.1, 0.15) is 38.6 Å². The van der Waals surface area contributed by atoms with Crippen LogP contribution in [0, 0.1) is 16.5 Å². The summed E-state index contributed by atoms with van der Waals surface area (Å²) in [6.45, 7) is 4.23. The highest BCUT2D eigenvalue weighted by Gasteiger charge is 2.31. The van der Waals surface area contributed by atoms with Gasteiger partial charge in [-0.2, -0.15) is 5.10 Å². The average molecular weight is 405 g/mol. The van der Waals surface area contributed by atoms with Crippen molar-refractivity contribution in [3.63, 3.8) is 0 Å². The molecule has 2 fully saturated rings. The molecular formula is C20H25FN4O2S. The monoisotopic (exact) mass is 404 g/mol. The van der Waals surface area contributed by atoms with Crippen LogP contribution in [0.4, 0.5) is 4.39 Å². The van der Waals surface area contributed by atoms with Crippen LogP contribution < -0.4 is 0 Å². The van der Waals surface area contributed by atoms with E-state index in [1.54, 1.807) is 16.8 Å². The molecule has 0 spiro atoms. The standard InChI is InChI=1S/C20H25FN4O2S/c1-2-27-19(26)14-6-5-11-23(12-14)13-24-20(28)25(15-9-10-15)18(22-24)16-7-3-4-8-17(16)21/h3-4,7-8,14-15H,2,5-6,9-13H2,1H3/t14-/m0/s1. The molecule has 1 aliphatic carbocycles. The first-order chi connectivity index (χ1) is 13.6. The number of carbonyl (C=O) groups is 1. The van der Waals surface area contributed by atoms with Crippen LogP contribution in [-0.2, 0) is 16.2 Å². The third-order valence-electron chi connectivity index (χ3n) is 5.36. The number of hydrogen-bond acceptors (Lipinski definition) is 5. The third kappa shape index (κ3) is 3.89. The molecule has 0 amide bonds. The number of rotatable bonds is 6. The van der Waals surface area contributed by atoms with Crippen molar-refractivity contribution in [1.82, 2.24) is 19.2 Å². The van der Waals surface area contributed by atoms with Gasteiger partial charge in [0.25, 0.3) is 0 Å². The first-order valence-corrected chi connectivity index (χ1v) is 10.3. The molecule has 1 saturated carbocycles. The molecule has 1 aliphatic heterocycles. The molecule has 150 valence electrons. The summed E-state index contributed by atoms with van der Waals surface area (Å²) >= 11 is 5.69. The van der Waals surface area contributed by atoms with Crippen molar-refractivity contribution in [2.45, 2.75) is 45.3 Å². The molecule has 1 saturated heterocycles. The highest BCUT2D eigenvalue weighted by Crippen LogP contribution is 2.39. The van der Waals surface area contributed by atoms with Crippen molar-refractivity contribution in [1.29, 1.82) is 0 Å². The zero-order valence-electron chi connectivity index (χ0n) is 16.0. The lowest BCUT2D eigenvalue weighted by molar-refractivity contribution is -0.150. The van der Waals surface area contributed by atoms with Crippen LogP contribution in [0.2, 0.25) is 0 Å². The second-order valence-electron chi connectivity index (χ2n) is 7.50. The van der Waals surface area contributed by atoms with Crippen molar-refractivity contribution in [2.24, 2.45) is 5.92 Å². The number of benzene rings is 1. The summed E-state index contributed by atoms with van der Waals surface area (Å²) in [6, 6.07) is 6.97. The highest BCUT2D eigenvalue weighted by atomic mass is 32.1. The lowest BCUT2D eigenvalue weighted by Gasteiger charge is -2.31. The van der Waals surface area contributed by atoms with Gasteiger partial charge >= 0.3 is 5.97 Å². The second kappa shape index (κ2) is 8.13. The van der Waals surface area contributed by atoms with E-state index in [1.807, 2.05) is 17.6 Å². The number of carbonyl (C=O) groups excluding carboxylic acids is 1. The van der Waals surface area contributed by atoms with E-state index < -0.39 is 0 Å². The summed E-state index contributed by atoms with van der Waals surface area (Å²) in [5.41, 5.74) is 0.474. The van der Waals surface area contributed by atoms with E-state index in [9.17, 15) is 9.18 Å². The molecule has 1 aromatic heterocycles. The van der Waals surface area contributed by atoms with Crippen LogP contribution in [-0.4, -0.2) is 44.9 Å². The summed E-state index contributed by atoms with van der Waals surface area (Å²) in [5.74, 6) is 0.0484. The van der Waals surface area contributed by atoms with E-state index in [-0.39, 0.29) is 17.7 Å². The minimum Gasteiger partial charge on any atom is -0.466 e. The maximum Gasteiger partial charge on any atom is 0.310 e. The van der Waals surface area contributed by atoms with Crippen LogP contribution in [0.15, 0.2) is 24.3 Å². The fraction of sp³-hybridized carbons (Fsp3) is 0.550. The summed E-state index contributed by atoms with van der Waals surface area (Å²) in [7, 11) is 0. The first kappa shape index (κ1) is 19.3. The van der Waals surface area contributed by atoms with Crippen molar-refractivity contribution >= 4 is 18.2 Å². The van der Waals surface area contributed by atoms with Gasteiger partial charge in [-0.25, -0.2) is 9.07 Å². The Balaban J connectivity index is 1.59. The molecule has 2 aliphatic rings. The smallest absolute Gasteiger partial charge is 0.310 e. The van der Waals surface area contributed by atoms with Gasteiger partial charge in [-0.1, -0.05) is 12.1 Å². The van der Waals surface area contributed by atoms with E-state index in [0.717, 1.165) is 32.2 Å². The molecule has 0 unspecified atom stereocenters. The van der Waals surface area contributed by atoms with E-state index in [1.165, 1.54) is 6.07 Å². The summed E-state index contributed by atoms with van der Waals surface area (Å²) < 4.78 is 23.9. The minimum absolute atomic E-state index is 0.112. The van der Waals surface area contributed by atoms with Crippen molar-refractivity contribution in [2.75, 3.05) is 19.7 Å². The lowest BCUT2D eigenvalue weighted by atomic mass is 9.99. The zero-order chi connectivity index (χ0) is 19.7. The second-order valence-corrected chi connectivity index (χ2v) is 7.86. The van der Waals surface area contributed by atoms with Crippen molar-refractivity contribution < 1.29 is 13.9 Å². The van der Waals surface area contributed by atoms with Crippen LogP contribution >= 0.6 is 12.2 Å². The Morgan fingerprint density at radius 2 is 2.11 bits per heavy atom. The maximum absolute atomic E-state index is 14.4. The molecule has 0 bridgehead atoms. The Labute approximate surface area is 168 Å². The molecule has 28 heavy (non-hydrogen) atoms. The number of hydrogen-bond donors (Lipinski definition) is 0. The van der Waals surface area contributed by atoms with Gasteiger partial charge in [0.1, 0.15) is 5.82 Å². The Hall–Kier alpha value is -2.06. The average Bonchev–Trinajstić information content (AvgIpc) is 3.48. The topological polar surface area (TPSA) is 52.3 Å². The Kier molecular flexibility index (Phi) is 5.59. The van der Waals surface area contributed by atoms with Gasteiger partial charge < -0.3 is 4.74 Å². The SMILES string of the molecule is CCOC(=O)[C@H]1CCCN(Cn2nc(-c3ccccc3F)n(C3CC3)c2=S)C1. The molecule has 0 radical (unpaired) electrons. The number of likely N-dealkylation sites (tertiary alicyclic amines) is 1. The number of aromatic nitrogens is 3. The molecular weight excluding hydrogens is 379 g/mol. The van der Waals surface area contributed by atoms with Crippen molar-refractivity contribution in [3.8, 4) is 11.4 Å². The van der Waals surface area contributed by atoms with Gasteiger partial charge in [-0.15, -0.1) is 0 Å². The van der Waals surface area contributed by atoms with Gasteiger partial charge in [0.15, 0.2) is 10.6 Å². The number of nitrogens with zero attached hydrogens (tertiary/aromatic N) is 4. The Morgan fingerprint density at radius 3 is 2.82 bits per heavy atom. The normalized spacial score (nSPS) is 20.3. The predicted octanol–water partition coefficient (Wildman–Crippen LogP) is 3.79. The minimum atomic E-state index is -0.295. The zero-order valence-corrected chi connectivity index (χ0v) is 16.8. The summed E-state index contributed by atoms with van der Waals surface area (Å²) in [5, 5.41) is 4.68. The molecule has 2 aromatic rings. The molecule has 6 nitrogen and oxygen atoms in total. The number of piperidine rings is 1. The van der Waals surface area contributed by atoms with E-state index >= 15 is 0 Å². The Bertz CT molecular complexity index is 921. The third-order valence-corrected chi connectivity index (χ3v) is 5.76. The number of halogens is 1. The fourth-order valence-corrected chi connectivity index (χ4v) is 4.16. The molecule has 1 atom stereocenters. The van der Waals surface area contributed by atoms with E-state index in [4.69, 9.17) is 17.0 Å². The van der Waals surface area contributed by atoms with Gasteiger partial charge in [-0.05, 0) is 63.5 Å². The Morgan fingerprint density at radius 1 is 1.32 bits per heavy atom. The van der Waals surface area contributed by atoms with Gasteiger partial charge in [0.2, 0.25) is 0 Å². The first-order valence-electron chi connectivity index (χ1n) is 9.91. The largest absolute Gasteiger partial charge is 0.466 e. The van der Waals surface area contributed by atoms with Crippen molar-refractivity contribution in [3.05, 3.63) is 34.9 Å². The molecule has 2 heterocycles. The molecule has 4 rings (SSSR count). The quantitative estimate of drug-likeness (QED) is 0.542. The van der Waals surface area contributed by atoms with Crippen LogP contribution in [0.25, 0.3) is 11.4 Å². The lowest BCUT2D eigenvalue weighted by Crippen LogP contribution is -2.40.